The van der Waals surface area contributed by atoms with Crippen LogP contribution in [-0.4, -0.2) is 35.3 Å². The second-order valence-corrected chi connectivity index (χ2v) is 9.16. The van der Waals surface area contributed by atoms with Gasteiger partial charge in [-0.2, -0.15) is 13.2 Å². The van der Waals surface area contributed by atoms with E-state index >= 15 is 0 Å². The molecule has 0 bridgehead atoms. The third kappa shape index (κ3) is 4.34. The highest BCUT2D eigenvalue weighted by atomic mass is 35.5. The summed E-state index contributed by atoms with van der Waals surface area (Å²) in [5.41, 5.74) is -0.904. The van der Waals surface area contributed by atoms with Crippen molar-refractivity contribution in [2.24, 2.45) is 0 Å². The zero-order chi connectivity index (χ0) is 21.2. The quantitative estimate of drug-likeness (QED) is 0.536. The summed E-state index contributed by atoms with van der Waals surface area (Å²) < 4.78 is 40.0. The Hall–Kier alpha value is -2.30. The lowest BCUT2D eigenvalue weighted by molar-refractivity contribution is -0.105. The molecule has 0 saturated carbocycles. The standard InChI is InChI=1S/C21H18ClF3N2OS/c1-3-11-20(15-7-9-16(22)10-8-15)12-5-4-6-17(20)26-19(28)27-14-29(2)13-18(27)21(23,24)25/h1,4-10,12-13,17H,11,14H2,2H3/p+1. The molecule has 8 heteroatoms. The van der Waals surface area contributed by atoms with Crippen molar-refractivity contribution in [3.63, 3.8) is 0 Å². The molecule has 152 valence electrons. The van der Waals surface area contributed by atoms with E-state index in [9.17, 15) is 18.0 Å². The molecule has 1 aromatic rings. The van der Waals surface area contributed by atoms with Crippen LogP contribution < -0.4 is 5.32 Å². The number of carbonyl (C=O) groups excluding carboxylic acids is 1. The van der Waals surface area contributed by atoms with Crippen LogP contribution in [0.2, 0.25) is 5.02 Å². The number of nitrogens with one attached hydrogen (secondary N) is 1. The number of hydrogen-bond donors (Lipinski definition) is 1. The largest absolute Gasteiger partial charge is 0.436 e. The first-order valence-electron chi connectivity index (χ1n) is 8.71. The number of terminal acetylenes is 1. The van der Waals surface area contributed by atoms with Gasteiger partial charge >= 0.3 is 12.2 Å². The lowest BCUT2D eigenvalue weighted by atomic mass is 9.70. The average Bonchev–Trinajstić information content (AvgIpc) is 3.06. The van der Waals surface area contributed by atoms with Gasteiger partial charge in [-0.15, -0.1) is 12.3 Å². The Bertz CT molecular complexity index is 917. The maximum absolute atomic E-state index is 13.3. The van der Waals surface area contributed by atoms with Crippen LogP contribution in [0.1, 0.15) is 12.0 Å². The van der Waals surface area contributed by atoms with Crippen molar-refractivity contribution in [3.8, 4) is 12.3 Å². The van der Waals surface area contributed by atoms with Crippen molar-refractivity contribution in [3.05, 3.63) is 70.3 Å². The Morgan fingerprint density at radius 2 is 2.07 bits per heavy atom. The molecule has 3 atom stereocenters. The highest BCUT2D eigenvalue weighted by molar-refractivity contribution is 7.99. The van der Waals surface area contributed by atoms with Crippen molar-refractivity contribution in [2.45, 2.75) is 24.1 Å². The first-order chi connectivity index (χ1) is 13.7. The summed E-state index contributed by atoms with van der Waals surface area (Å²) in [5.74, 6) is 2.63. The van der Waals surface area contributed by atoms with Gasteiger partial charge in [0, 0.05) is 27.8 Å². The number of alkyl halides is 3. The number of benzene rings is 1. The first-order valence-corrected chi connectivity index (χ1v) is 11.0. The number of halogens is 4. The maximum Gasteiger partial charge on any atom is 0.436 e. The smallest absolute Gasteiger partial charge is 0.330 e. The Morgan fingerprint density at radius 1 is 1.38 bits per heavy atom. The fraction of sp³-hybridized carbons (Fsp3) is 0.286. The van der Waals surface area contributed by atoms with Gasteiger partial charge in [-0.3, -0.25) is 0 Å². The van der Waals surface area contributed by atoms with E-state index in [1.807, 2.05) is 24.3 Å². The van der Waals surface area contributed by atoms with E-state index in [2.05, 4.69) is 11.2 Å². The normalized spacial score (nSPS) is 26.2. The van der Waals surface area contributed by atoms with E-state index in [4.69, 9.17) is 18.0 Å². The molecule has 2 amide bonds. The third-order valence-electron chi connectivity index (χ3n) is 4.89. The molecule has 0 radical (unpaired) electrons. The van der Waals surface area contributed by atoms with E-state index < -0.39 is 40.3 Å². The van der Waals surface area contributed by atoms with Gasteiger partial charge in [0.1, 0.15) is 11.7 Å². The number of urea groups is 1. The Morgan fingerprint density at radius 3 is 2.69 bits per heavy atom. The van der Waals surface area contributed by atoms with E-state index in [-0.39, 0.29) is 12.3 Å². The maximum atomic E-state index is 13.3. The van der Waals surface area contributed by atoms with Gasteiger partial charge in [-0.1, -0.05) is 48.0 Å². The summed E-state index contributed by atoms with van der Waals surface area (Å²) in [6, 6.07) is 5.63. The Kier molecular flexibility index (Phi) is 6.06. The molecule has 0 fully saturated rings. The van der Waals surface area contributed by atoms with Crippen LogP contribution in [0.15, 0.2) is 59.7 Å². The van der Waals surface area contributed by atoms with Gasteiger partial charge in [-0.25, -0.2) is 9.69 Å². The van der Waals surface area contributed by atoms with Gasteiger partial charge in [0.25, 0.3) is 0 Å². The van der Waals surface area contributed by atoms with Gasteiger partial charge in [0.2, 0.25) is 0 Å². The number of rotatable bonds is 3. The highest BCUT2D eigenvalue weighted by Gasteiger charge is 2.49. The van der Waals surface area contributed by atoms with Crippen molar-refractivity contribution in [2.75, 3.05) is 12.1 Å². The highest BCUT2D eigenvalue weighted by Crippen LogP contribution is 2.38. The minimum Gasteiger partial charge on any atom is -0.330 e. The van der Waals surface area contributed by atoms with Gasteiger partial charge < -0.3 is 5.32 Å². The molecule has 1 aromatic carbocycles. The lowest BCUT2D eigenvalue weighted by Crippen LogP contribution is -2.53. The molecule has 3 nitrogen and oxygen atoms in total. The van der Waals surface area contributed by atoms with Crippen LogP contribution in [0.3, 0.4) is 0 Å². The minimum absolute atomic E-state index is 0.00393. The van der Waals surface area contributed by atoms with Crippen molar-refractivity contribution < 1.29 is 18.0 Å². The summed E-state index contributed by atoms with van der Waals surface area (Å²) >= 11 is 5.99. The fourth-order valence-electron chi connectivity index (χ4n) is 3.49. The predicted molar refractivity (Wildman–Crippen MR) is 111 cm³/mol. The van der Waals surface area contributed by atoms with Crippen LogP contribution >= 0.6 is 11.6 Å². The zero-order valence-corrected chi connectivity index (χ0v) is 17.1. The van der Waals surface area contributed by atoms with Crippen LogP contribution in [0.25, 0.3) is 0 Å². The molecule has 1 heterocycles. The Labute approximate surface area is 175 Å². The van der Waals surface area contributed by atoms with Crippen LogP contribution in [0, 0.1) is 12.3 Å². The van der Waals surface area contributed by atoms with Crippen LogP contribution in [0.4, 0.5) is 18.0 Å². The molecular weight excluding hydrogens is 421 g/mol. The Balaban J connectivity index is 1.92. The molecule has 3 rings (SSSR count). The molecule has 0 aromatic heterocycles. The molecule has 29 heavy (non-hydrogen) atoms. The van der Waals surface area contributed by atoms with E-state index in [0.717, 1.165) is 15.9 Å². The summed E-state index contributed by atoms with van der Waals surface area (Å²) in [6.07, 6.45) is 10.1. The number of amides is 2. The van der Waals surface area contributed by atoms with E-state index in [1.54, 1.807) is 30.5 Å². The molecule has 0 saturated heterocycles. The zero-order valence-electron chi connectivity index (χ0n) is 15.5. The number of carbonyl (C=O) groups is 1. The topological polar surface area (TPSA) is 32.3 Å². The predicted octanol–water partition coefficient (Wildman–Crippen LogP) is 4.73. The average molecular weight is 440 g/mol. The number of hydrogen-bond acceptors (Lipinski definition) is 1. The molecule has 3 unspecified atom stereocenters. The molecule has 1 aliphatic carbocycles. The SMILES string of the molecule is C#CCC1(c2ccc(Cl)cc2)C=CC=CC1NC(=O)N1C[S+](C)C=C1C(F)(F)F. The number of allylic oxidation sites excluding steroid dienone is 3. The third-order valence-corrected chi connectivity index (χ3v) is 6.43. The first kappa shape index (κ1) is 21.4. The van der Waals surface area contributed by atoms with Crippen molar-refractivity contribution in [1.82, 2.24) is 10.2 Å². The van der Waals surface area contributed by atoms with E-state index in [1.165, 1.54) is 0 Å². The van der Waals surface area contributed by atoms with Gasteiger partial charge in [0.15, 0.2) is 11.6 Å². The monoisotopic (exact) mass is 439 g/mol. The molecular formula is C21H19ClF3N2OS+. The summed E-state index contributed by atoms with van der Waals surface area (Å²) in [4.78, 5) is 13.6. The fourth-order valence-corrected chi connectivity index (χ4v) is 5.00. The van der Waals surface area contributed by atoms with Crippen LogP contribution in [0.5, 0.6) is 0 Å². The second-order valence-electron chi connectivity index (χ2n) is 6.85. The molecule has 1 aliphatic heterocycles. The van der Waals surface area contributed by atoms with Crippen molar-refractivity contribution in [1.29, 1.82) is 0 Å². The molecule has 0 spiro atoms. The minimum atomic E-state index is -4.59. The van der Waals surface area contributed by atoms with Crippen LogP contribution in [-0.2, 0) is 16.3 Å². The summed E-state index contributed by atoms with van der Waals surface area (Å²) in [7, 11) is -0.664. The molecule has 2 aliphatic rings. The summed E-state index contributed by atoms with van der Waals surface area (Å²) in [5, 5.41) is 4.41. The van der Waals surface area contributed by atoms with Crippen molar-refractivity contribution >= 4 is 28.5 Å². The lowest BCUT2D eigenvalue weighted by Gasteiger charge is -2.39. The van der Waals surface area contributed by atoms with Gasteiger partial charge in [0.05, 0.1) is 6.04 Å². The second kappa shape index (κ2) is 8.21. The molecule has 1 N–H and O–H groups in total. The van der Waals surface area contributed by atoms with E-state index in [0.29, 0.717) is 5.02 Å². The number of nitrogens with zero attached hydrogens (tertiary/aromatic N) is 1. The van der Waals surface area contributed by atoms with Gasteiger partial charge in [-0.05, 0) is 17.7 Å². The summed E-state index contributed by atoms with van der Waals surface area (Å²) in [6.45, 7) is 0.